The summed E-state index contributed by atoms with van der Waals surface area (Å²) >= 11 is 0. The molecule has 158 valence electrons. The van der Waals surface area contributed by atoms with E-state index in [-0.39, 0.29) is 5.91 Å². The number of carbonyl (C=O) groups is 1. The third-order valence-electron chi connectivity index (χ3n) is 5.06. The highest BCUT2D eigenvalue weighted by Crippen LogP contribution is 2.16. The van der Waals surface area contributed by atoms with Gasteiger partial charge in [-0.3, -0.25) is 14.7 Å². The van der Waals surface area contributed by atoms with Gasteiger partial charge in [-0.15, -0.1) is 0 Å². The molecule has 0 saturated carbocycles. The van der Waals surface area contributed by atoms with Crippen LogP contribution in [0.25, 0.3) is 0 Å². The number of rotatable bonds is 9. The number of hydrogen-bond donors (Lipinski definition) is 0. The van der Waals surface area contributed by atoms with E-state index in [4.69, 9.17) is 14.7 Å². The van der Waals surface area contributed by atoms with Gasteiger partial charge in [-0.25, -0.2) is 0 Å². The Morgan fingerprint density at radius 1 is 1.30 bits per heavy atom. The largest absolute Gasteiger partial charge is 0.481 e. The number of aromatic nitrogens is 1. The fraction of sp³-hybridized carbons (Fsp3) is 0.435. The van der Waals surface area contributed by atoms with Gasteiger partial charge in [0.25, 0.3) is 5.91 Å². The number of morpholine rings is 1. The van der Waals surface area contributed by atoms with E-state index >= 15 is 0 Å². The molecule has 1 aromatic heterocycles. The summed E-state index contributed by atoms with van der Waals surface area (Å²) in [4.78, 5) is 21.4. The van der Waals surface area contributed by atoms with Crippen molar-refractivity contribution in [3.63, 3.8) is 0 Å². The standard InChI is InChI=1S/C23H28N4O3/c1-19(30-22-5-2-4-21(16-22)17-24)23(28)27(18-20-6-8-25-9-7-20)11-3-10-26-12-14-29-15-13-26/h2,4-9,16,19H,3,10-15,18H2,1H3. The van der Waals surface area contributed by atoms with E-state index in [1.165, 1.54) is 0 Å². The van der Waals surface area contributed by atoms with Gasteiger partial charge >= 0.3 is 0 Å². The number of benzene rings is 1. The van der Waals surface area contributed by atoms with Gasteiger partial charge in [-0.1, -0.05) is 6.07 Å². The molecule has 1 amide bonds. The second kappa shape index (κ2) is 11.3. The van der Waals surface area contributed by atoms with Crippen LogP contribution in [0.1, 0.15) is 24.5 Å². The van der Waals surface area contributed by atoms with Crippen molar-refractivity contribution in [2.45, 2.75) is 26.0 Å². The lowest BCUT2D eigenvalue weighted by Crippen LogP contribution is -2.42. The highest BCUT2D eigenvalue weighted by atomic mass is 16.5. The van der Waals surface area contributed by atoms with Crippen LogP contribution in [-0.4, -0.2) is 66.2 Å². The summed E-state index contributed by atoms with van der Waals surface area (Å²) in [6.45, 7) is 7.26. The first kappa shape index (κ1) is 21.8. The molecule has 0 aliphatic carbocycles. The quantitative estimate of drug-likeness (QED) is 0.634. The van der Waals surface area contributed by atoms with Crippen molar-refractivity contribution in [3.8, 4) is 11.8 Å². The van der Waals surface area contributed by atoms with Crippen LogP contribution in [0.3, 0.4) is 0 Å². The maximum atomic E-state index is 13.2. The summed E-state index contributed by atoms with van der Waals surface area (Å²) in [5.41, 5.74) is 1.54. The molecule has 2 heterocycles. The number of carbonyl (C=O) groups excluding carboxylic acids is 1. The molecule has 3 rings (SSSR count). The zero-order valence-electron chi connectivity index (χ0n) is 17.4. The van der Waals surface area contributed by atoms with Crippen molar-refractivity contribution >= 4 is 5.91 Å². The van der Waals surface area contributed by atoms with Gasteiger partial charge in [0.1, 0.15) is 5.75 Å². The van der Waals surface area contributed by atoms with E-state index in [1.54, 1.807) is 43.6 Å². The molecule has 7 nitrogen and oxygen atoms in total. The van der Waals surface area contributed by atoms with Crippen LogP contribution >= 0.6 is 0 Å². The van der Waals surface area contributed by atoms with Crippen LogP contribution in [0, 0.1) is 11.3 Å². The normalized spacial score (nSPS) is 15.2. The van der Waals surface area contributed by atoms with Crippen molar-refractivity contribution in [2.24, 2.45) is 0 Å². The first-order valence-corrected chi connectivity index (χ1v) is 10.3. The van der Waals surface area contributed by atoms with Crippen LogP contribution in [0.15, 0.2) is 48.8 Å². The Bertz CT molecular complexity index is 847. The number of pyridine rings is 1. The van der Waals surface area contributed by atoms with Gasteiger partial charge in [-0.05, 0) is 49.2 Å². The second-order valence-electron chi connectivity index (χ2n) is 7.32. The van der Waals surface area contributed by atoms with Crippen LogP contribution in [-0.2, 0) is 16.1 Å². The van der Waals surface area contributed by atoms with Gasteiger partial charge < -0.3 is 14.4 Å². The molecule has 1 saturated heterocycles. The van der Waals surface area contributed by atoms with Crippen molar-refractivity contribution in [1.82, 2.24) is 14.8 Å². The van der Waals surface area contributed by atoms with E-state index in [0.29, 0.717) is 24.4 Å². The molecule has 0 radical (unpaired) electrons. The van der Waals surface area contributed by atoms with Crippen LogP contribution in [0.2, 0.25) is 0 Å². The van der Waals surface area contributed by atoms with Gasteiger partial charge in [-0.2, -0.15) is 5.26 Å². The summed E-state index contributed by atoms with van der Waals surface area (Å²) in [6.07, 6.45) is 3.70. The molecule has 30 heavy (non-hydrogen) atoms. The Labute approximate surface area is 177 Å². The average molecular weight is 409 g/mol. The average Bonchev–Trinajstić information content (AvgIpc) is 2.79. The minimum atomic E-state index is -0.649. The fourth-order valence-corrected chi connectivity index (χ4v) is 3.44. The summed E-state index contributed by atoms with van der Waals surface area (Å²) in [6, 6.07) is 12.8. The molecule has 1 aromatic carbocycles. The number of ether oxygens (including phenoxy) is 2. The highest BCUT2D eigenvalue weighted by molar-refractivity contribution is 5.81. The molecular formula is C23H28N4O3. The van der Waals surface area contributed by atoms with Crippen molar-refractivity contribution < 1.29 is 14.3 Å². The van der Waals surface area contributed by atoms with E-state index < -0.39 is 6.10 Å². The van der Waals surface area contributed by atoms with E-state index in [9.17, 15) is 4.79 Å². The Morgan fingerprint density at radius 2 is 2.07 bits per heavy atom. The first-order chi connectivity index (χ1) is 14.7. The summed E-state index contributed by atoms with van der Waals surface area (Å²) < 4.78 is 11.3. The zero-order valence-corrected chi connectivity index (χ0v) is 17.4. The molecule has 1 unspecified atom stereocenters. The molecule has 0 bridgehead atoms. The Kier molecular flexibility index (Phi) is 8.19. The maximum Gasteiger partial charge on any atom is 0.263 e. The van der Waals surface area contributed by atoms with Crippen molar-refractivity contribution in [3.05, 3.63) is 59.9 Å². The van der Waals surface area contributed by atoms with Crippen LogP contribution < -0.4 is 4.74 Å². The van der Waals surface area contributed by atoms with E-state index in [2.05, 4.69) is 16.0 Å². The Hall–Kier alpha value is -2.95. The summed E-state index contributed by atoms with van der Waals surface area (Å²) in [5.74, 6) is 0.447. The molecule has 1 atom stereocenters. The molecular weight excluding hydrogens is 380 g/mol. The molecule has 2 aromatic rings. The zero-order chi connectivity index (χ0) is 21.2. The monoisotopic (exact) mass is 408 g/mol. The number of amides is 1. The highest BCUT2D eigenvalue weighted by Gasteiger charge is 2.23. The predicted octanol–water partition coefficient (Wildman–Crippen LogP) is 2.47. The third-order valence-corrected chi connectivity index (χ3v) is 5.06. The SMILES string of the molecule is CC(Oc1cccc(C#N)c1)C(=O)N(CCCN1CCOCC1)Cc1ccncc1. The number of nitriles is 1. The molecule has 0 spiro atoms. The smallest absolute Gasteiger partial charge is 0.263 e. The molecule has 7 heteroatoms. The summed E-state index contributed by atoms with van der Waals surface area (Å²) in [5, 5.41) is 9.06. The van der Waals surface area contributed by atoms with E-state index in [1.807, 2.05) is 17.0 Å². The van der Waals surface area contributed by atoms with Gasteiger partial charge in [0, 0.05) is 45.1 Å². The third kappa shape index (κ3) is 6.55. The van der Waals surface area contributed by atoms with Crippen LogP contribution in [0.5, 0.6) is 5.75 Å². The van der Waals surface area contributed by atoms with Gasteiger partial charge in [0.2, 0.25) is 0 Å². The Morgan fingerprint density at radius 3 is 2.80 bits per heavy atom. The fourth-order valence-electron chi connectivity index (χ4n) is 3.44. The molecule has 0 N–H and O–H groups in total. The van der Waals surface area contributed by atoms with Crippen molar-refractivity contribution in [2.75, 3.05) is 39.4 Å². The molecule has 1 aliphatic heterocycles. The van der Waals surface area contributed by atoms with Gasteiger partial charge in [0.15, 0.2) is 6.10 Å². The van der Waals surface area contributed by atoms with Crippen molar-refractivity contribution in [1.29, 1.82) is 5.26 Å². The molecule has 1 fully saturated rings. The van der Waals surface area contributed by atoms with E-state index in [0.717, 1.165) is 44.8 Å². The minimum Gasteiger partial charge on any atom is -0.481 e. The predicted molar refractivity (Wildman–Crippen MR) is 113 cm³/mol. The number of nitrogens with zero attached hydrogens (tertiary/aromatic N) is 4. The molecule has 1 aliphatic rings. The lowest BCUT2D eigenvalue weighted by atomic mass is 10.2. The lowest BCUT2D eigenvalue weighted by Gasteiger charge is -2.29. The Balaban J connectivity index is 1.62. The van der Waals surface area contributed by atoms with Gasteiger partial charge in [0.05, 0.1) is 24.8 Å². The number of hydrogen-bond acceptors (Lipinski definition) is 6. The second-order valence-corrected chi connectivity index (χ2v) is 7.32. The first-order valence-electron chi connectivity index (χ1n) is 10.3. The van der Waals surface area contributed by atoms with Crippen LogP contribution in [0.4, 0.5) is 0 Å². The topological polar surface area (TPSA) is 78.7 Å². The summed E-state index contributed by atoms with van der Waals surface area (Å²) in [7, 11) is 0. The minimum absolute atomic E-state index is 0.0730. The lowest BCUT2D eigenvalue weighted by molar-refractivity contribution is -0.138. The maximum absolute atomic E-state index is 13.2.